The lowest BCUT2D eigenvalue weighted by atomic mass is 9.98. The molecule has 3 heteroatoms. The molecule has 0 saturated heterocycles. The van der Waals surface area contributed by atoms with Crippen molar-refractivity contribution in [2.45, 2.75) is 68.2 Å². The number of allylic oxidation sites excluding steroid dienone is 1. The molecule has 3 nitrogen and oxygen atoms in total. The zero-order chi connectivity index (χ0) is 20.2. The zero-order valence-corrected chi connectivity index (χ0v) is 17.2. The number of ketones is 3. The zero-order valence-electron chi connectivity index (χ0n) is 17.2. The van der Waals surface area contributed by atoms with E-state index < -0.39 is 0 Å². The molecule has 140 valence electrons. The number of rotatable bonds is 6. The number of Topliss-reactive ketones (excluding diaryl/α,β-unsaturated/α-hetero) is 3. The van der Waals surface area contributed by atoms with Crippen molar-refractivity contribution in [2.75, 3.05) is 0 Å². The third kappa shape index (κ3) is 11.2. The van der Waals surface area contributed by atoms with Crippen LogP contribution >= 0.6 is 0 Å². The first-order valence-corrected chi connectivity index (χ1v) is 8.83. The molecule has 0 amide bonds. The standard InChI is InChI=1S/C11H12O2.C9H16O.C2H6/c1-7-4-5-10(8(2)12)11(6-7)9(3)13;1-7(2)8(3)5-6-9(4)10;1-2/h4-6H,1-3H3;8H,1,5-6H2,2-4H3;1-2H3. The van der Waals surface area contributed by atoms with Crippen LogP contribution in [0, 0.1) is 12.8 Å². The molecule has 0 radical (unpaired) electrons. The van der Waals surface area contributed by atoms with Gasteiger partial charge in [-0.25, -0.2) is 0 Å². The van der Waals surface area contributed by atoms with E-state index in [1.165, 1.54) is 19.4 Å². The molecular formula is C22H34O3. The summed E-state index contributed by atoms with van der Waals surface area (Å²) in [5.74, 6) is 0.635. The van der Waals surface area contributed by atoms with Gasteiger partial charge >= 0.3 is 0 Å². The molecule has 0 aromatic heterocycles. The quantitative estimate of drug-likeness (QED) is 0.469. The van der Waals surface area contributed by atoms with Crippen LogP contribution in [0.1, 0.15) is 87.6 Å². The van der Waals surface area contributed by atoms with Gasteiger partial charge < -0.3 is 4.79 Å². The van der Waals surface area contributed by atoms with E-state index in [1.54, 1.807) is 19.1 Å². The highest BCUT2D eigenvalue weighted by Gasteiger charge is 2.10. The molecular weight excluding hydrogens is 312 g/mol. The first kappa shape index (κ1) is 25.2. The fourth-order valence-corrected chi connectivity index (χ4v) is 1.92. The number of hydrogen-bond donors (Lipinski definition) is 0. The van der Waals surface area contributed by atoms with Gasteiger partial charge in [0.1, 0.15) is 5.78 Å². The van der Waals surface area contributed by atoms with Gasteiger partial charge in [-0.15, -0.1) is 0 Å². The highest BCUT2D eigenvalue weighted by Crippen LogP contribution is 2.14. The van der Waals surface area contributed by atoms with Gasteiger partial charge in [0.05, 0.1) is 0 Å². The van der Waals surface area contributed by atoms with Gasteiger partial charge in [-0.3, -0.25) is 9.59 Å². The van der Waals surface area contributed by atoms with Crippen LogP contribution in [0.3, 0.4) is 0 Å². The SMILES string of the molecule is C=C(C)C(C)CCC(C)=O.CC.CC(=O)c1ccc(C)cc1C(C)=O. The summed E-state index contributed by atoms with van der Waals surface area (Å²) in [5, 5.41) is 0. The van der Waals surface area contributed by atoms with Crippen LogP contribution in [0.15, 0.2) is 30.4 Å². The summed E-state index contributed by atoms with van der Waals surface area (Å²) in [7, 11) is 0. The van der Waals surface area contributed by atoms with E-state index in [1.807, 2.05) is 33.8 Å². The summed E-state index contributed by atoms with van der Waals surface area (Å²) in [4.78, 5) is 32.8. The number of aryl methyl sites for hydroxylation is 1. The van der Waals surface area contributed by atoms with Crippen molar-refractivity contribution in [3.8, 4) is 0 Å². The van der Waals surface area contributed by atoms with Crippen molar-refractivity contribution in [1.82, 2.24) is 0 Å². The van der Waals surface area contributed by atoms with Crippen LogP contribution in [0.25, 0.3) is 0 Å². The Hall–Kier alpha value is -2.03. The van der Waals surface area contributed by atoms with Crippen LogP contribution in [0.4, 0.5) is 0 Å². The number of benzene rings is 1. The van der Waals surface area contributed by atoms with Crippen LogP contribution < -0.4 is 0 Å². The van der Waals surface area contributed by atoms with Gasteiger partial charge in [-0.1, -0.05) is 50.6 Å². The minimum absolute atomic E-state index is 0.0612. The number of carbonyl (C=O) groups is 3. The molecule has 0 aliphatic rings. The molecule has 0 heterocycles. The van der Waals surface area contributed by atoms with E-state index in [0.717, 1.165) is 12.0 Å². The molecule has 0 saturated carbocycles. The predicted octanol–water partition coefficient (Wildman–Crippen LogP) is 5.99. The van der Waals surface area contributed by atoms with E-state index >= 15 is 0 Å². The number of carbonyl (C=O) groups excluding carboxylic acids is 3. The van der Waals surface area contributed by atoms with E-state index in [2.05, 4.69) is 13.5 Å². The maximum absolute atomic E-state index is 11.2. The largest absolute Gasteiger partial charge is 0.300 e. The van der Waals surface area contributed by atoms with Crippen molar-refractivity contribution in [1.29, 1.82) is 0 Å². The Morgan fingerprint density at radius 1 is 0.960 bits per heavy atom. The normalized spacial score (nSPS) is 10.4. The van der Waals surface area contributed by atoms with Crippen molar-refractivity contribution in [3.05, 3.63) is 47.0 Å². The molecule has 0 aliphatic heterocycles. The maximum atomic E-state index is 11.2. The first-order valence-electron chi connectivity index (χ1n) is 8.83. The van der Waals surface area contributed by atoms with Crippen LogP contribution in [-0.4, -0.2) is 17.3 Å². The van der Waals surface area contributed by atoms with Crippen LogP contribution in [0.2, 0.25) is 0 Å². The summed E-state index contributed by atoms with van der Waals surface area (Å²) in [6.07, 6.45) is 1.64. The second-order valence-corrected chi connectivity index (χ2v) is 6.15. The molecule has 1 unspecified atom stereocenters. The highest BCUT2D eigenvalue weighted by atomic mass is 16.1. The lowest BCUT2D eigenvalue weighted by Crippen LogP contribution is -2.04. The Bertz CT molecular complexity index is 597. The smallest absolute Gasteiger partial charge is 0.160 e. The second-order valence-electron chi connectivity index (χ2n) is 6.15. The Balaban J connectivity index is 0. The number of hydrogen-bond acceptors (Lipinski definition) is 3. The van der Waals surface area contributed by atoms with Gasteiger partial charge in [0.25, 0.3) is 0 Å². The van der Waals surface area contributed by atoms with Gasteiger partial charge in [0.2, 0.25) is 0 Å². The van der Waals surface area contributed by atoms with E-state index in [9.17, 15) is 14.4 Å². The van der Waals surface area contributed by atoms with Crippen LogP contribution in [-0.2, 0) is 4.79 Å². The van der Waals surface area contributed by atoms with E-state index in [0.29, 0.717) is 23.5 Å². The summed E-state index contributed by atoms with van der Waals surface area (Å²) >= 11 is 0. The molecule has 0 spiro atoms. The monoisotopic (exact) mass is 346 g/mol. The van der Waals surface area contributed by atoms with Crippen molar-refractivity contribution in [2.24, 2.45) is 5.92 Å². The third-order valence-corrected chi connectivity index (χ3v) is 3.70. The summed E-state index contributed by atoms with van der Waals surface area (Å²) in [6.45, 7) is 18.4. The van der Waals surface area contributed by atoms with Gasteiger partial charge in [0, 0.05) is 17.5 Å². The average molecular weight is 347 g/mol. The van der Waals surface area contributed by atoms with Gasteiger partial charge in [-0.2, -0.15) is 0 Å². The molecule has 25 heavy (non-hydrogen) atoms. The fourth-order valence-electron chi connectivity index (χ4n) is 1.92. The van der Waals surface area contributed by atoms with Crippen LogP contribution in [0.5, 0.6) is 0 Å². The molecule has 0 fully saturated rings. The summed E-state index contributed by atoms with van der Waals surface area (Å²) in [6, 6.07) is 5.29. The molecule has 1 aromatic carbocycles. The van der Waals surface area contributed by atoms with E-state index in [4.69, 9.17) is 0 Å². The average Bonchev–Trinajstić information content (AvgIpc) is 2.54. The molecule has 0 bridgehead atoms. The highest BCUT2D eigenvalue weighted by molar-refractivity contribution is 6.07. The van der Waals surface area contributed by atoms with Crippen molar-refractivity contribution >= 4 is 17.3 Å². The predicted molar refractivity (Wildman–Crippen MR) is 106 cm³/mol. The fraction of sp³-hybridized carbons (Fsp3) is 0.500. The minimum atomic E-state index is -0.0646. The minimum Gasteiger partial charge on any atom is -0.300 e. The first-order chi connectivity index (χ1) is 11.6. The second kappa shape index (κ2) is 13.3. The summed E-state index contributed by atoms with van der Waals surface area (Å²) < 4.78 is 0. The third-order valence-electron chi connectivity index (χ3n) is 3.70. The topological polar surface area (TPSA) is 51.2 Å². The molecule has 0 aliphatic carbocycles. The van der Waals surface area contributed by atoms with Gasteiger partial charge in [-0.05, 0) is 53.0 Å². The Morgan fingerprint density at radius 3 is 1.80 bits per heavy atom. The van der Waals surface area contributed by atoms with Crippen molar-refractivity contribution < 1.29 is 14.4 Å². The Kier molecular flexibility index (Phi) is 13.4. The van der Waals surface area contributed by atoms with Gasteiger partial charge in [0.15, 0.2) is 11.6 Å². The lowest BCUT2D eigenvalue weighted by Gasteiger charge is -2.08. The molecule has 1 aromatic rings. The summed E-state index contributed by atoms with van der Waals surface area (Å²) in [5.41, 5.74) is 3.20. The molecule has 1 rings (SSSR count). The molecule has 0 N–H and O–H groups in total. The van der Waals surface area contributed by atoms with E-state index in [-0.39, 0.29) is 17.3 Å². The Morgan fingerprint density at radius 2 is 1.44 bits per heavy atom. The maximum Gasteiger partial charge on any atom is 0.160 e. The lowest BCUT2D eigenvalue weighted by molar-refractivity contribution is -0.117. The van der Waals surface area contributed by atoms with Crippen molar-refractivity contribution in [3.63, 3.8) is 0 Å². The molecule has 1 atom stereocenters. The Labute approximate surface area is 153 Å².